The van der Waals surface area contributed by atoms with Gasteiger partial charge < -0.3 is 11.1 Å². The summed E-state index contributed by atoms with van der Waals surface area (Å²) in [6.07, 6.45) is 0. The second-order valence-electron chi connectivity index (χ2n) is 4.10. The number of carbonyl (C=O) groups excluding carboxylic acids is 1. The summed E-state index contributed by atoms with van der Waals surface area (Å²) >= 11 is 0. The van der Waals surface area contributed by atoms with Crippen molar-refractivity contribution in [1.82, 2.24) is 0 Å². The number of benzene rings is 2. The van der Waals surface area contributed by atoms with Gasteiger partial charge in [0.2, 0.25) is 5.91 Å². The summed E-state index contributed by atoms with van der Waals surface area (Å²) in [5, 5.41) is 11.9. The first-order valence-corrected chi connectivity index (χ1v) is 5.82. The van der Waals surface area contributed by atoms with Crippen molar-refractivity contribution in [2.45, 2.75) is 6.54 Å². The fourth-order valence-corrected chi connectivity index (χ4v) is 1.65. The van der Waals surface area contributed by atoms with E-state index in [9.17, 15) is 4.79 Å². The molecule has 0 spiro atoms. The van der Waals surface area contributed by atoms with E-state index in [2.05, 4.69) is 11.4 Å². The maximum Gasteiger partial charge on any atom is 0.248 e. The first-order chi connectivity index (χ1) is 9.19. The molecule has 0 saturated heterocycles. The Hall–Kier alpha value is -2.80. The lowest BCUT2D eigenvalue weighted by atomic mass is 10.1. The largest absolute Gasteiger partial charge is 0.381 e. The van der Waals surface area contributed by atoms with Crippen molar-refractivity contribution in [2.24, 2.45) is 5.73 Å². The van der Waals surface area contributed by atoms with Crippen molar-refractivity contribution < 1.29 is 4.79 Å². The zero-order chi connectivity index (χ0) is 13.7. The number of nitrogens with two attached hydrogens (primary N) is 1. The highest BCUT2D eigenvalue weighted by Crippen LogP contribution is 2.11. The van der Waals surface area contributed by atoms with Gasteiger partial charge in [0.1, 0.15) is 0 Å². The Balaban J connectivity index is 1.98. The summed E-state index contributed by atoms with van der Waals surface area (Å²) in [6.45, 7) is 0.644. The van der Waals surface area contributed by atoms with Gasteiger partial charge in [0.05, 0.1) is 11.6 Å². The van der Waals surface area contributed by atoms with Crippen molar-refractivity contribution in [3.8, 4) is 6.07 Å². The van der Waals surface area contributed by atoms with E-state index in [1.54, 1.807) is 24.3 Å². The van der Waals surface area contributed by atoms with Crippen LogP contribution in [0.1, 0.15) is 21.5 Å². The van der Waals surface area contributed by atoms with Crippen LogP contribution in [0.5, 0.6) is 0 Å². The molecule has 0 fully saturated rings. The van der Waals surface area contributed by atoms with Crippen LogP contribution < -0.4 is 11.1 Å². The highest BCUT2D eigenvalue weighted by molar-refractivity contribution is 5.92. The SMILES string of the molecule is N#Cc1ccc(NCc2ccc(C(N)=O)cc2)cc1. The van der Waals surface area contributed by atoms with Crippen LogP contribution >= 0.6 is 0 Å². The number of primary amides is 1. The molecule has 0 aliphatic rings. The van der Waals surface area contributed by atoms with E-state index in [-0.39, 0.29) is 0 Å². The molecule has 0 aliphatic heterocycles. The fourth-order valence-electron chi connectivity index (χ4n) is 1.65. The zero-order valence-electron chi connectivity index (χ0n) is 10.3. The van der Waals surface area contributed by atoms with Gasteiger partial charge in [-0.1, -0.05) is 12.1 Å². The van der Waals surface area contributed by atoms with Gasteiger partial charge in [-0.15, -0.1) is 0 Å². The van der Waals surface area contributed by atoms with Gasteiger partial charge in [-0.2, -0.15) is 5.26 Å². The molecule has 0 heterocycles. The molecule has 0 atom stereocenters. The molecule has 3 N–H and O–H groups in total. The lowest BCUT2D eigenvalue weighted by molar-refractivity contribution is 0.100. The van der Waals surface area contributed by atoms with E-state index in [4.69, 9.17) is 11.0 Å². The van der Waals surface area contributed by atoms with Crippen LogP contribution in [0.4, 0.5) is 5.69 Å². The predicted molar refractivity (Wildman–Crippen MR) is 73.4 cm³/mol. The third-order valence-corrected chi connectivity index (χ3v) is 2.75. The average molecular weight is 251 g/mol. The summed E-state index contributed by atoms with van der Waals surface area (Å²) in [4.78, 5) is 10.9. The number of hydrogen-bond acceptors (Lipinski definition) is 3. The van der Waals surface area contributed by atoms with Gasteiger partial charge in [-0.3, -0.25) is 4.79 Å². The zero-order valence-corrected chi connectivity index (χ0v) is 10.3. The molecule has 0 radical (unpaired) electrons. The molecule has 2 aromatic rings. The van der Waals surface area contributed by atoms with Crippen molar-refractivity contribution >= 4 is 11.6 Å². The average Bonchev–Trinajstić information content (AvgIpc) is 2.46. The topological polar surface area (TPSA) is 78.9 Å². The Morgan fingerprint density at radius 3 is 2.26 bits per heavy atom. The molecule has 19 heavy (non-hydrogen) atoms. The summed E-state index contributed by atoms with van der Waals surface area (Å²) in [5.41, 5.74) is 8.31. The number of amides is 1. The molecule has 2 aromatic carbocycles. The Morgan fingerprint density at radius 2 is 1.74 bits per heavy atom. The Bertz CT molecular complexity index is 609. The molecule has 0 aliphatic carbocycles. The summed E-state index contributed by atoms with van der Waals surface area (Å²) < 4.78 is 0. The van der Waals surface area contributed by atoms with Crippen LogP contribution in [-0.2, 0) is 6.54 Å². The first-order valence-electron chi connectivity index (χ1n) is 5.82. The van der Waals surface area contributed by atoms with Crippen LogP contribution in [0, 0.1) is 11.3 Å². The molecular weight excluding hydrogens is 238 g/mol. The molecular formula is C15H13N3O. The van der Waals surface area contributed by atoms with E-state index >= 15 is 0 Å². The number of nitriles is 1. The summed E-state index contributed by atoms with van der Waals surface area (Å²) in [6, 6.07) is 16.4. The first kappa shape index (κ1) is 12.7. The molecule has 0 unspecified atom stereocenters. The Labute approximate surface area is 111 Å². The minimum absolute atomic E-state index is 0.424. The Kier molecular flexibility index (Phi) is 3.79. The van der Waals surface area contributed by atoms with E-state index in [0.29, 0.717) is 17.7 Å². The fraction of sp³-hybridized carbons (Fsp3) is 0.0667. The Morgan fingerprint density at radius 1 is 1.11 bits per heavy atom. The third kappa shape index (κ3) is 3.33. The molecule has 0 saturated carbocycles. The standard InChI is InChI=1S/C15H13N3O/c16-9-11-3-7-14(8-4-11)18-10-12-1-5-13(6-2-12)15(17)19/h1-8,18H,10H2,(H2,17,19). The molecule has 4 heteroatoms. The van der Waals surface area contributed by atoms with Crippen LogP contribution in [-0.4, -0.2) is 5.91 Å². The summed E-state index contributed by atoms with van der Waals surface area (Å²) in [7, 11) is 0. The predicted octanol–water partition coefficient (Wildman–Crippen LogP) is 2.27. The number of anilines is 1. The van der Waals surface area contributed by atoms with Crippen LogP contribution in [0.15, 0.2) is 48.5 Å². The monoisotopic (exact) mass is 251 g/mol. The van der Waals surface area contributed by atoms with Crippen molar-refractivity contribution in [3.05, 3.63) is 65.2 Å². The normalized spacial score (nSPS) is 9.63. The van der Waals surface area contributed by atoms with Crippen LogP contribution in [0.2, 0.25) is 0 Å². The summed E-state index contributed by atoms with van der Waals surface area (Å²) in [5.74, 6) is -0.424. The van der Waals surface area contributed by atoms with Crippen molar-refractivity contribution in [3.63, 3.8) is 0 Å². The molecule has 1 amide bonds. The lowest BCUT2D eigenvalue weighted by Gasteiger charge is -2.07. The van der Waals surface area contributed by atoms with Crippen LogP contribution in [0.3, 0.4) is 0 Å². The third-order valence-electron chi connectivity index (χ3n) is 2.75. The van der Waals surface area contributed by atoms with Gasteiger partial charge in [-0.25, -0.2) is 0 Å². The lowest BCUT2D eigenvalue weighted by Crippen LogP contribution is -2.10. The van der Waals surface area contributed by atoms with E-state index in [0.717, 1.165) is 11.3 Å². The molecule has 0 bridgehead atoms. The van der Waals surface area contributed by atoms with Gasteiger partial charge in [0, 0.05) is 17.8 Å². The molecule has 0 aromatic heterocycles. The highest BCUT2D eigenvalue weighted by atomic mass is 16.1. The smallest absolute Gasteiger partial charge is 0.248 e. The minimum Gasteiger partial charge on any atom is -0.381 e. The van der Waals surface area contributed by atoms with Gasteiger partial charge in [0.25, 0.3) is 0 Å². The molecule has 94 valence electrons. The van der Waals surface area contributed by atoms with Crippen molar-refractivity contribution in [2.75, 3.05) is 5.32 Å². The maximum atomic E-state index is 10.9. The minimum atomic E-state index is -0.424. The number of hydrogen-bond donors (Lipinski definition) is 2. The second-order valence-corrected chi connectivity index (χ2v) is 4.10. The highest BCUT2D eigenvalue weighted by Gasteiger charge is 2.00. The number of carbonyl (C=O) groups is 1. The number of nitrogens with zero attached hydrogens (tertiary/aromatic N) is 1. The van der Waals surface area contributed by atoms with Gasteiger partial charge >= 0.3 is 0 Å². The number of rotatable bonds is 4. The maximum absolute atomic E-state index is 10.9. The quantitative estimate of drug-likeness (QED) is 0.874. The van der Waals surface area contributed by atoms with E-state index in [1.807, 2.05) is 24.3 Å². The van der Waals surface area contributed by atoms with Gasteiger partial charge in [-0.05, 0) is 42.0 Å². The van der Waals surface area contributed by atoms with Crippen molar-refractivity contribution in [1.29, 1.82) is 5.26 Å². The van der Waals surface area contributed by atoms with E-state index in [1.165, 1.54) is 0 Å². The van der Waals surface area contributed by atoms with Crippen LogP contribution in [0.25, 0.3) is 0 Å². The molecule has 2 rings (SSSR count). The molecule has 4 nitrogen and oxygen atoms in total. The van der Waals surface area contributed by atoms with Gasteiger partial charge in [0.15, 0.2) is 0 Å². The van der Waals surface area contributed by atoms with E-state index < -0.39 is 5.91 Å². The number of nitrogens with one attached hydrogen (secondary N) is 1. The second kappa shape index (κ2) is 5.69.